The predicted molar refractivity (Wildman–Crippen MR) is 96.0 cm³/mol. The Morgan fingerprint density at radius 1 is 1.08 bits per heavy atom. The number of carbonyl (C=O) groups excluding carboxylic acids is 1. The number of rotatable bonds is 4. The number of hydrogen-bond acceptors (Lipinski definition) is 4. The molecule has 1 aromatic carbocycles. The summed E-state index contributed by atoms with van der Waals surface area (Å²) >= 11 is 0. The number of sulfonamides is 1. The van der Waals surface area contributed by atoms with Crippen molar-refractivity contribution >= 4 is 21.6 Å². The van der Waals surface area contributed by atoms with Crippen LogP contribution in [0.1, 0.15) is 35.4 Å². The standard InChI is InChI=1S/C18H21N3O3S/c1-14-7-5-10-17(19-14)18(22)20-15-8-6-9-16(13-15)25(23,24)21-11-3-2-4-12-21/h5-10,13H,2-4,11-12H2,1H3,(H,20,22). The van der Waals surface area contributed by atoms with E-state index in [1.165, 1.54) is 10.4 Å². The molecule has 1 aliphatic heterocycles. The Bertz CT molecular complexity index is 875. The molecule has 1 aromatic heterocycles. The Morgan fingerprint density at radius 2 is 1.80 bits per heavy atom. The van der Waals surface area contributed by atoms with Gasteiger partial charge in [0.1, 0.15) is 5.69 Å². The van der Waals surface area contributed by atoms with Crippen LogP contribution in [0, 0.1) is 6.92 Å². The summed E-state index contributed by atoms with van der Waals surface area (Å²) in [6, 6.07) is 11.6. The van der Waals surface area contributed by atoms with Crippen LogP contribution in [0.3, 0.4) is 0 Å². The van der Waals surface area contributed by atoms with Gasteiger partial charge >= 0.3 is 0 Å². The molecule has 25 heavy (non-hydrogen) atoms. The zero-order valence-corrected chi connectivity index (χ0v) is 14.9. The highest BCUT2D eigenvalue weighted by molar-refractivity contribution is 7.89. The van der Waals surface area contributed by atoms with E-state index in [2.05, 4.69) is 10.3 Å². The number of nitrogens with one attached hydrogen (secondary N) is 1. The molecule has 132 valence electrons. The van der Waals surface area contributed by atoms with Crippen LogP contribution >= 0.6 is 0 Å². The highest BCUT2D eigenvalue weighted by atomic mass is 32.2. The third kappa shape index (κ3) is 4.05. The Kier molecular flexibility index (Phi) is 5.15. The summed E-state index contributed by atoms with van der Waals surface area (Å²) in [6.07, 6.45) is 2.83. The van der Waals surface area contributed by atoms with Crippen molar-refractivity contribution in [3.8, 4) is 0 Å². The van der Waals surface area contributed by atoms with Gasteiger partial charge in [-0.3, -0.25) is 4.79 Å². The van der Waals surface area contributed by atoms with Gasteiger partial charge in [0.05, 0.1) is 4.90 Å². The van der Waals surface area contributed by atoms with Gasteiger partial charge in [0, 0.05) is 24.5 Å². The summed E-state index contributed by atoms with van der Waals surface area (Å²) in [5.41, 5.74) is 1.48. The van der Waals surface area contributed by atoms with E-state index in [9.17, 15) is 13.2 Å². The molecule has 2 heterocycles. The number of aryl methyl sites for hydroxylation is 1. The zero-order chi connectivity index (χ0) is 17.9. The molecular formula is C18H21N3O3S. The minimum Gasteiger partial charge on any atom is -0.321 e. The largest absolute Gasteiger partial charge is 0.321 e. The Balaban J connectivity index is 1.80. The van der Waals surface area contributed by atoms with Gasteiger partial charge in [-0.15, -0.1) is 0 Å². The zero-order valence-electron chi connectivity index (χ0n) is 14.1. The lowest BCUT2D eigenvalue weighted by Gasteiger charge is -2.26. The molecule has 3 rings (SSSR count). The normalized spacial score (nSPS) is 15.7. The van der Waals surface area contributed by atoms with E-state index < -0.39 is 10.0 Å². The second kappa shape index (κ2) is 7.33. The fraction of sp³-hybridized carbons (Fsp3) is 0.333. The van der Waals surface area contributed by atoms with Crippen molar-refractivity contribution in [2.75, 3.05) is 18.4 Å². The SMILES string of the molecule is Cc1cccc(C(=O)Nc2cccc(S(=O)(=O)N3CCCCC3)c2)n1. The van der Waals surface area contributed by atoms with Gasteiger partial charge in [0.25, 0.3) is 5.91 Å². The van der Waals surface area contributed by atoms with Gasteiger partial charge in [-0.2, -0.15) is 4.31 Å². The van der Waals surface area contributed by atoms with Crippen molar-refractivity contribution < 1.29 is 13.2 Å². The first-order valence-electron chi connectivity index (χ1n) is 8.32. The monoisotopic (exact) mass is 359 g/mol. The maximum Gasteiger partial charge on any atom is 0.274 e. The molecule has 0 bridgehead atoms. The average molecular weight is 359 g/mol. The maximum atomic E-state index is 12.7. The number of nitrogens with zero attached hydrogens (tertiary/aromatic N) is 2. The summed E-state index contributed by atoms with van der Waals surface area (Å²) in [5, 5.41) is 2.72. The first-order chi connectivity index (χ1) is 12.0. The number of amides is 1. The molecule has 7 heteroatoms. The summed E-state index contributed by atoms with van der Waals surface area (Å²) in [7, 11) is -3.53. The number of benzene rings is 1. The molecule has 0 aliphatic carbocycles. The Morgan fingerprint density at radius 3 is 2.52 bits per heavy atom. The van der Waals surface area contributed by atoms with Crippen LogP contribution in [-0.4, -0.2) is 36.7 Å². The fourth-order valence-electron chi connectivity index (χ4n) is 2.85. The molecule has 1 fully saturated rings. The second-order valence-corrected chi connectivity index (χ2v) is 8.05. The molecule has 1 N–H and O–H groups in total. The smallest absolute Gasteiger partial charge is 0.274 e. The van der Waals surface area contributed by atoms with Crippen molar-refractivity contribution in [3.05, 3.63) is 53.9 Å². The Labute approximate surface area is 147 Å². The first-order valence-corrected chi connectivity index (χ1v) is 9.76. The number of carbonyl (C=O) groups is 1. The van der Waals surface area contributed by atoms with Gasteiger partial charge in [0.2, 0.25) is 10.0 Å². The van der Waals surface area contributed by atoms with Gasteiger partial charge in [-0.25, -0.2) is 13.4 Å². The van der Waals surface area contributed by atoms with E-state index >= 15 is 0 Å². The lowest BCUT2D eigenvalue weighted by Crippen LogP contribution is -2.35. The molecule has 0 spiro atoms. The number of pyridine rings is 1. The van der Waals surface area contributed by atoms with Crippen LogP contribution in [0.4, 0.5) is 5.69 Å². The number of anilines is 1. The predicted octanol–water partition coefficient (Wildman–Crippen LogP) is 2.82. The molecule has 2 aromatic rings. The topological polar surface area (TPSA) is 79.4 Å². The van der Waals surface area contributed by atoms with Crippen molar-refractivity contribution in [2.24, 2.45) is 0 Å². The van der Waals surface area contributed by atoms with Gasteiger partial charge in [-0.1, -0.05) is 18.6 Å². The van der Waals surface area contributed by atoms with E-state index in [1.807, 2.05) is 13.0 Å². The van der Waals surface area contributed by atoms with E-state index in [4.69, 9.17) is 0 Å². The lowest BCUT2D eigenvalue weighted by molar-refractivity contribution is 0.102. The quantitative estimate of drug-likeness (QED) is 0.910. The van der Waals surface area contributed by atoms with Crippen molar-refractivity contribution in [2.45, 2.75) is 31.1 Å². The third-order valence-electron chi connectivity index (χ3n) is 4.17. The fourth-order valence-corrected chi connectivity index (χ4v) is 4.42. The van der Waals surface area contributed by atoms with Crippen LogP contribution in [0.2, 0.25) is 0 Å². The molecule has 0 radical (unpaired) electrons. The molecule has 0 atom stereocenters. The van der Waals surface area contributed by atoms with Gasteiger partial charge in [-0.05, 0) is 50.1 Å². The van der Waals surface area contributed by atoms with Crippen LogP contribution in [0.5, 0.6) is 0 Å². The first kappa shape index (κ1) is 17.6. The summed E-state index contributed by atoms with van der Waals surface area (Å²) in [4.78, 5) is 16.7. The van der Waals surface area contributed by atoms with Gasteiger partial charge < -0.3 is 5.32 Å². The summed E-state index contributed by atoms with van der Waals surface area (Å²) in [6.45, 7) is 2.90. The molecule has 1 amide bonds. The average Bonchev–Trinajstić information content (AvgIpc) is 2.62. The third-order valence-corrected chi connectivity index (χ3v) is 6.06. The van der Waals surface area contributed by atoms with Gasteiger partial charge in [0.15, 0.2) is 0 Å². The molecule has 1 saturated heterocycles. The van der Waals surface area contributed by atoms with Crippen molar-refractivity contribution in [1.82, 2.24) is 9.29 Å². The van der Waals surface area contributed by atoms with Crippen LogP contribution in [0.15, 0.2) is 47.4 Å². The van der Waals surface area contributed by atoms with Crippen molar-refractivity contribution in [3.63, 3.8) is 0 Å². The molecule has 6 nitrogen and oxygen atoms in total. The molecular weight excluding hydrogens is 338 g/mol. The highest BCUT2D eigenvalue weighted by Crippen LogP contribution is 2.23. The van der Waals surface area contributed by atoms with E-state index in [0.29, 0.717) is 24.5 Å². The van der Waals surface area contributed by atoms with E-state index in [1.54, 1.807) is 30.3 Å². The molecule has 1 aliphatic rings. The Hall–Kier alpha value is -2.25. The van der Waals surface area contributed by atoms with Crippen molar-refractivity contribution in [1.29, 1.82) is 0 Å². The second-order valence-electron chi connectivity index (χ2n) is 6.11. The van der Waals surface area contributed by atoms with Crippen LogP contribution < -0.4 is 5.32 Å². The van der Waals surface area contributed by atoms with E-state index in [-0.39, 0.29) is 10.8 Å². The number of aromatic nitrogens is 1. The maximum absolute atomic E-state index is 12.7. The van der Waals surface area contributed by atoms with Crippen LogP contribution in [0.25, 0.3) is 0 Å². The summed E-state index contributed by atoms with van der Waals surface area (Å²) in [5.74, 6) is -0.365. The molecule has 0 unspecified atom stereocenters. The van der Waals surface area contributed by atoms with E-state index in [0.717, 1.165) is 25.0 Å². The molecule has 0 saturated carbocycles. The number of hydrogen-bond donors (Lipinski definition) is 1. The highest BCUT2D eigenvalue weighted by Gasteiger charge is 2.26. The minimum atomic E-state index is -3.53. The summed E-state index contributed by atoms with van der Waals surface area (Å²) < 4.78 is 27.0. The lowest BCUT2D eigenvalue weighted by atomic mass is 10.2. The number of piperidine rings is 1. The minimum absolute atomic E-state index is 0.199. The van der Waals surface area contributed by atoms with Crippen LogP contribution in [-0.2, 0) is 10.0 Å².